The van der Waals surface area contributed by atoms with Gasteiger partial charge in [0.15, 0.2) is 0 Å². The largest absolute Gasteiger partial charge is 0.466 e. The summed E-state index contributed by atoms with van der Waals surface area (Å²) in [5, 5.41) is 0. The second kappa shape index (κ2) is 4.84. The van der Waals surface area contributed by atoms with Crippen LogP contribution >= 0.6 is 0 Å². The first-order valence-corrected chi connectivity index (χ1v) is 4.95. The second-order valence-electron chi connectivity index (χ2n) is 3.54. The molecule has 0 bridgehead atoms. The molecule has 0 saturated carbocycles. The van der Waals surface area contributed by atoms with Crippen molar-refractivity contribution >= 4 is 5.97 Å². The Morgan fingerprint density at radius 2 is 2.29 bits per heavy atom. The summed E-state index contributed by atoms with van der Waals surface area (Å²) in [4.78, 5) is 11.2. The second-order valence-corrected chi connectivity index (χ2v) is 3.54. The molecule has 0 spiro atoms. The summed E-state index contributed by atoms with van der Waals surface area (Å²) in [6.07, 6.45) is 4.34. The normalized spacial score (nSPS) is 10.6. The van der Waals surface area contributed by atoms with Gasteiger partial charge in [-0.1, -0.05) is 0 Å². The van der Waals surface area contributed by atoms with E-state index in [2.05, 4.69) is 18.4 Å². The molecule has 0 amide bonds. The molecule has 0 aromatic carbocycles. The zero-order valence-electron chi connectivity index (χ0n) is 8.99. The highest BCUT2D eigenvalue weighted by Crippen LogP contribution is 2.09. The zero-order valence-corrected chi connectivity index (χ0v) is 8.99. The van der Waals surface area contributed by atoms with E-state index >= 15 is 0 Å². The van der Waals surface area contributed by atoms with Crippen LogP contribution in [0.1, 0.15) is 32.4 Å². The molecule has 1 rings (SSSR count). The quantitative estimate of drug-likeness (QED) is 0.689. The molecular formula is C11H17NO2. The van der Waals surface area contributed by atoms with E-state index in [9.17, 15) is 4.79 Å². The standard InChI is InChI=1S/C11H17NO2/c1-4-14-11(13)7-10-5-6-12(8-10)9(2)3/h5-6,8-9H,4,7H2,1-3H3. The van der Waals surface area contributed by atoms with Crippen molar-refractivity contribution < 1.29 is 9.53 Å². The summed E-state index contributed by atoms with van der Waals surface area (Å²) in [5.41, 5.74) is 1.01. The molecule has 0 fully saturated rings. The minimum Gasteiger partial charge on any atom is -0.466 e. The molecule has 3 heteroatoms. The fraction of sp³-hybridized carbons (Fsp3) is 0.545. The molecule has 1 heterocycles. The lowest BCUT2D eigenvalue weighted by Gasteiger charge is -2.05. The third-order valence-corrected chi connectivity index (χ3v) is 2.03. The minimum absolute atomic E-state index is 0.158. The highest BCUT2D eigenvalue weighted by molar-refractivity contribution is 5.72. The van der Waals surface area contributed by atoms with Crippen molar-refractivity contribution in [2.24, 2.45) is 0 Å². The van der Waals surface area contributed by atoms with Crippen LogP contribution in [0.2, 0.25) is 0 Å². The van der Waals surface area contributed by atoms with Crippen LogP contribution in [0.3, 0.4) is 0 Å². The lowest BCUT2D eigenvalue weighted by Crippen LogP contribution is -2.07. The van der Waals surface area contributed by atoms with Gasteiger partial charge in [0.2, 0.25) is 0 Å². The van der Waals surface area contributed by atoms with E-state index in [1.807, 2.05) is 25.4 Å². The number of hydrogen-bond acceptors (Lipinski definition) is 2. The monoisotopic (exact) mass is 195 g/mol. The maximum Gasteiger partial charge on any atom is 0.310 e. The molecule has 14 heavy (non-hydrogen) atoms. The first-order chi connectivity index (χ1) is 6.63. The maximum absolute atomic E-state index is 11.2. The van der Waals surface area contributed by atoms with Crippen LogP contribution in [0.4, 0.5) is 0 Å². The fourth-order valence-electron chi connectivity index (χ4n) is 1.26. The summed E-state index contributed by atoms with van der Waals surface area (Å²) >= 11 is 0. The Hall–Kier alpha value is -1.25. The topological polar surface area (TPSA) is 31.2 Å². The van der Waals surface area contributed by atoms with Crippen LogP contribution < -0.4 is 0 Å². The van der Waals surface area contributed by atoms with Gasteiger partial charge in [-0.15, -0.1) is 0 Å². The van der Waals surface area contributed by atoms with Crippen LogP contribution in [0.25, 0.3) is 0 Å². The third-order valence-electron chi connectivity index (χ3n) is 2.03. The molecule has 3 nitrogen and oxygen atoms in total. The van der Waals surface area contributed by atoms with Crippen LogP contribution in [-0.4, -0.2) is 17.1 Å². The van der Waals surface area contributed by atoms with Crippen molar-refractivity contribution in [1.82, 2.24) is 4.57 Å². The van der Waals surface area contributed by atoms with Crippen molar-refractivity contribution in [3.63, 3.8) is 0 Å². The first kappa shape index (κ1) is 10.8. The number of rotatable bonds is 4. The Bertz CT molecular complexity index is 302. The van der Waals surface area contributed by atoms with Crippen LogP contribution in [0.5, 0.6) is 0 Å². The molecule has 0 N–H and O–H groups in total. The number of carbonyl (C=O) groups excluding carboxylic acids is 1. The van der Waals surface area contributed by atoms with E-state index in [4.69, 9.17) is 4.74 Å². The number of ether oxygens (including phenoxy) is 1. The average Bonchev–Trinajstić information content (AvgIpc) is 2.53. The molecule has 1 aromatic rings. The molecule has 0 atom stereocenters. The maximum atomic E-state index is 11.2. The van der Waals surface area contributed by atoms with Gasteiger partial charge >= 0.3 is 5.97 Å². The molecule has 0 aliphatic carbocycles. The first-order valence-electron chi connectivity index (χ1n) is 4.95. The zero-order chi connectivity index (χ0) is 10.6. The summed E-state index contributed by atoms with van der Waals surface area (Å²) < 4.78 is 6.95. The van der Waals surface area contributed by atoms with E-state index in [0.29, 0.717) is 19.1 Å². The predicted molar refractivity (Wildman–Crippen MR) is 55.2 cm³/mol. The summed E-state index contributed by atoms with van der Waals surface area (Å²) in [7, 11) is 0. The van der Waals surface area contributed by atoms with Gasteiger partial charge in [-0.2, -0.15) is 0 Å². The molecule has 0 aliphatic rings. The molecular weight excluding hydrogens is 178 g/mol. The minimum atomic E-state index is -0.158. The fourth-order valence-corrected chi connectivity index (χ4v) is 1.26. The van der Waals surface area contributed by atoms with Gasteiger partial charge in [-0.05, 0) is 32.4 Å². The van der Waals surface area contributed by atoms with Gasteiger partial charge in [0.05, 0.1) is 13.0 Å². The highest BCUT2D eigenvalue weighted by Gasteiger charge is 2.06. The van der Waals surface area contributed by atoms with E-state index in [1.165, 1.54) is 0 Å². The number of esters is 1. The Labute approximate surface area is 84.7 Å². The SMILES string of the molecule is CCOC(=O)Cc1ccn(C(C)C)c1. The van der Waals surface area contributed by atoms with Crippen molar-refractivity contribution in [3.05, 3.63) is 24.0 Å². The van der Waals surface area contributed by atoms with Crippen molar-refractivity contribution in [3.8, 4) is 0 Å². The lowest BCUT2D eigenvalue weighted by molar-refractivity contribution is -0.142. The van der Waals surface area contributed by atoms with E-state index in [-0.39, 0.29) is 5.97 Å². The van der Waals surface area contributed by atoms with Crippen molar-refractivity contribution in [2.75, 3.05) is 6.61 Å². The summed E-state index contributed by atoms with van der Waals surface area (Å²) in [6, 6.07) is 2.39. The highest BCUT2D eigenvalue weighted by atomic mass is 16.5. The number of nitrogens with zero attached hydrogens (tertiary/aromatic N) is 1. The summed E-state index contributed by atoms with van der Waals surface area (Å²) in [5.74, 6) is -0.158. The Balaban J connectivity index is 2.55. The molecule has 0 aliphatic heterocycles. The lowest BCUT2D eigenvalue weighted by atomic mass is 10.2. The average molecular weight is 195 g/mol. The van der Waals surface area contributed by atoms with E-state index in [0.717, 1.165) is 5.56 Å². The molecule has 78 valence electrons. The van der Waals surface area contributed by atoms with Gasteiger partial charge in [0.25, 0.3) is 0 Å². The van der Waals surface area contributed by atoms with Crippen molar-refractivity contribution in [1.29, 1.82) is 0 Å². The third kappa shape index (κ3) is 2.91. The number of aromatic nitrogens is 1. The van der Waals surface area contributed by atoms with E-state index in [1.54, 1.807) is 0 Å². The predicted octanol–water partition coefficient (Wildman–Crippen LogP) is 2.17. The molecule has 0 saturated heterocycles. The van der Waals surface area contributed by atoms with Gasteiger partial charge in [-0.25, -0.2) is 0 Å². The smallest absolute Gasteiger partial charge is 0.310 e. The Morgan fingerprint density at radius 3 is 2.79 bits per heavy atom. The molecule has 0 radical (unpaired) electrons. The van der Waals surface area contributed by atoms with Gasteiger partial charge in [0.1, 0.15) is 0 Å². The number of carbonyl (C=O) groups is 1. The molecule has 0 unspecified atom stereocenters. The van der Waals surface area contributed by atoms with Crippen LogP contribution in [0.15, 0.2) is 18.5 Å². The van der Waals surface area contributed by atoms with Crippen LogP contribution in [0, 0.1) is 0 Å². The molecule has 1 aromatic heterocycles. The Kier molecular flexibility index (Phi) is 3.74. The Morgan fingerprint density at radius 1 is 1.57 bits per heavy atom. The van der Waals surface area contributed by atoms with E-state index < -0.39 is 0 Å². The van der Waals surface area contributed by atoms with Gasteiger partial charge in [0, 0.05) is 18.4 Å². The van der Waals surface area contributed by atoms with Gasteiger partial charge < -0.3 is 9.30 Å². The van der Waals surface area contributed by atoms with Crippen molar-refractivity contribution in [2.45, 2.75) is 33.2 Å². The van der Waals surface area contributed by atoms with Gasteiger partial charge in [-0.3, -0.25) is 4.79 Å². The summed E-state index contributed by atoms with van der Waals surface area (Å²) in [6.45, 7) is 6.48. The number of hydrogen-bond donors (Lipinski definition) is 0. The van der Waals surface area contributed by atoms with Crippen LogP contribution in [-0.2, 0) is 16.0 Å².